The van der Waals surface area contributed by atoms with Crippen LogP contribution in [0.25, 0.3) is 0 Å². The minimum atomic E-state index is 0. The Bertz CT molecular complexity index is 405. The van der Waals surface area contributed by atoms with Crippen molar-refractivity contribution in [3.05, 3.63) is 23.8 Å². The third-order valence-electron chi connectivity index (χ3n) is 2.92. The number of aromatic nitrogens is 2. The standard InChI is InChI=1S/C12H18N4O.ClH/c1-9(2)11-10(7-14-8-15-11)12(17)16-5-3-13-4-6-16;/h7-9,13H,3-6H2,1-2H3;1H. The maximum Gasteiger partial charge on any atom is 0.257 e. The monoisotopic (exact) mass is 270 g/mol. The first-order valence-corrected chi connectivity index (χ1v) is 6.00. The van der Waals surface area contributed by atoms with E-state index < -0.39 is 0 Å². The van der Waals surface area contributed by atoms with Gasteiger partial charge in [0.25, 0.3) is 5.91 Å². The van der Waals surface area contributed by atoms with E-state index in [0.717, 1.165) is 31.9 Å². The van der Waals surface area contributed by atoms with Gasteiger partial charge in [-0.3, -0.25) is 4.79 Å². The number of amides is 1. The molecule has 0 aliphatic carbocycles. The largest absolute Gasteiger partial charge is 0.336 e. The van der Waals surface area contributed by atoms with Crippen molar-refractivity contribution in [2.75, 3.05) is 26.2 Å². The SMILES string of the molecule is CC(C)c1ncncc1C(=O)N1CCNCC1.Cl. The van der Waals surface area contributed by atoms with E-state index in [-0.39, 0.29) is 24.2 Å². The Labute approximate surface area is 113 Å². The lowest BCUT2D eigenvalue weighted by Gasteiger charge is -2.28. The maximum atomic E-state index is 12.3. The highest BCUT2D eigenvalue weighted by Gasteiger charge is 2.22. The van der Waals surface area contributed by atoms with Crippen LogP contribution in [0.1, 0.15) is 35.8 Å². The maximum absolute atomic E-state index is 12.3. The van der Waals surface area contributed by atoms with Gasteiger partial charge in [0.2, 0.25) is 0 Å². The van der Waals surface area contributed by atoms with Gasteiger partial charge in [0.15, 0.2) is 0 Å². The molecule has 2 heterocycles. The molecule has 0 bridgehead atoms. The molecule has 1 aliphatic rings. The Morgan fingerprint density at radius 2 is 2.06 bits per heavy atom. The zero-order valence-corrected chi connectivity index (χ0v) is 11.5. The Morgan fingerprint density at radius 1 is 1.39 bits per heavy atom. The van der Waals surface area contributed by atoms with Crippen molar-refractivity contribution in [1.29, 1.82) is 0 Å². The fourth-order valence-corrected chi connectivity index (χ4v) is 2.00. The molecule has 0 atom stereocenters. The van der Waals surface area contributed by atoms with Gasteiger partial charge in [0.05, 0.1) is 11.3 Å². The van der Waals surface area contributed by atoms with Gasteiger partial charge in [-0.15, -0.1) is 12.4 Å². The Hall–Kier alpha value is -1.20. The molecule has 1 fully saturated rings. The molecule has 2 rings (SSSR count). The van der Waals surface area contributed by atoms with Gasteiger partial charge in [-0.1, -0.05) is 13.8 Å². The van der Waals surface area contributed by atoms with Crippen molar-refractivity contribution in [1.82, 2.24) is 20.2 Å². The molecule has 1 aliphatic heterocycles. The quantitative estimate of drug-likeness (QED) is 0.873. The molecule has 18 heavy (non-hydrogen) atoms. The molecular weight excluding hydrogens is 252 g/mol. The predicted octanol–water partition coefficient (Wildman–Crippen LogP) is 1.07. The molecule has 1 aromatic rings. The number of hydrogen-bond acceptors (Lipinski definition) is 4. The second-order valence-corrected chi connectivity index (χ2v) is 4.52. The van der Waals surface area contributed by atoms with E-state index in [2.05, 4.69) is 15.3 Å². The fraction of sp³-hybridized carbons (Fsp3) is 0.583. The number of halogens is 1. The summed E-state index contributed by atoms with van der Waals surface area (Å²) >= 11 is 0. The Kier molecular flexibility index (Phi) is 5.50. The average molecular weight is 271 g/mol. The lowest BCUT2D eigenvalue weighted by Crippen LogP contribution is -2.46. The highest BCUT2D eigenvalue weighted by Crippen LogP contribution is 2.17. The number of nitrogens with zero attached hydrogens (tertiary/aromatic N) is 3. The zero-order valence-electron chi connectivity index (χ0n) is 10.7. The van der Waals surface area contributed by atoms with Crippen molar-refractivity contribution in [3.8, 4) is 0 Å². The molecule has 0 radical (unpaired) electrons. The number of hydrogen-bond donors (Lipinski definition) is 1. The lowest BCUT2D eigenvalue weighted by molar-refractivity contribution is 0.0733. The molecule has 1 aromatic heterocycles. The van der Waals surface area contributed by atoms with Crippen LogP contribution in [0.3, 0.4) is 0 Å². The van der Waals surface area contributed by atoms with Gasteiger partial charge in [-0.05, 0) is 5.92 Å². The van der Waals surface area contributed by atoms with Crippen molar-refractivity contribution >= 4 is 18.3 Å². The number of rotatable bonds is 2. The van der Waals surface area contributed by atoms with E-state index in [1.165, 1.54) is 6.33 Å². The van der Waals surface area contributed by atoms with E-state index in [1.807, 2.05) is 18.7 Å². The van der Waals surface area contributed by atoms with Gasteiger partial charge in [-0.25, -0.2) is 9.97 Å². The smallest absolute Gasteiger partial charge is 0.257 e. The third kappa shape index (κ3) is 3.17. The van der Waals surface area contributed by atoms with E-state index in [1.54, 1.807) is 6.20 Å². The molecule has 1 amide bonds. The van der Waals surface area contributed by atoms with Crippen LogP contribution in [0.5, 0.6) is 0 Å². The second-order valence-electron chi connectivity index (χ2n) is 4.52. The van der Waals surface area contributed by atoms with Crippen molar-refractivity contribution in [3.63, 3.8) is 0 Å². The summed E-state index contributed by atoms with van der Waals surface area (Å²) in [6.07, 6.45) is 3.14. The van der Waals surface area contributed by atoms with Crippen LogP contribution in [-0.4, -0.2) is 47.0 Å². The van der Waals surface area contributed by atoms with Crippen LogP contribution in [0.2, 0.25) is 0 Å². The molecule has 1 saturated heterocycles. The predicted molar refractivity (Wildman–Crippen MR) is 72.1 cm³/mol. The minimum absolute atomic E-state index is 0. The summed E-state index contributed by atoms with van der Waals surface area (Å²) in [7, 11) is 0. The number of nitrogens with one attached hydrogen (secondary N) is 1. The van der Waals surface area contributed by atoms with Gasteiger partial charge >= 0.3 is 0 Å². The Balaban J connectivity index is 0.00000162. The van der Waals surface area contributed by atoms with Crippen LogP contribution in [0, 0.1) is 0 Å². The van der Waals surface area contributed by atoms with Crippen LogP contribution in [-0.2, 0) is 0 Å². The summed E-state index contributed by atoms with van der Waals surface area (Å²) in [5.74, 6) is 0.288. The van der Waals surface area contributed by atoms with Crippen LogP contribution < -0.4 is 5.32 Å². The zero-order chi connectivity index (χ0) is 12.3. The molecule has 1 N–H and O–H groups in total. The first-order valence-electron chi connectivity index (χ1n) is 6.00. The average Bonchev–Trinajstić information content (AvgIpc) is 2.39. The minimum Gasteiger partial charge on any atom is -0.336 e. The van der Waals surface area contributed by atoms with Gasteiger partial charge in [0.1, 0.15) is 6.33 Å². The summed E-state index contributed by atoms with van der Waals surface area (Å²) in [6, 6.07) is 0. The Morgan fingerprint density at radius 3 is 2.67 bits per heavy atom. The molecule has 6 heteroatoms. The van der Waals surface area contributed by atoms with Crippen LogP contribution in [0.4, 0.5) is 0 Å². The summed E-state index contributed by atoms with van der Waals surface area (Å²) in [6.45, 7) is 7.30. The van der Waals surface area contributed by atoms with Crippen molar-refractivity contribution < 1.29 is 4.79 Å². The molecule has 100 valence electrons. The topological polar surface area (TPSA) is 58.1 Å². The molecule has 5 nitrogen and oxygen atoms in total. The van der Waals surface area contributed by atoms with E-state index in [0.29, 0.717) is 5.56 Å². The number of piperazine rings is 1. The van der Waals surface area contributed by atoms with Crippen molar-refractivity contribution in [2.45, 2.75) is 19.8 Å². The molecule has 0 spiro atoms. The lowest BCUT2D eigenvalue weighted by atomic mass is 10.0. The van der Waals surface area contributed by atoms with E-state index >= 15 is 0 Å². The van der Waals surface area contributed by atoms with Gasteiger partial charge in [0, 0.05) is 32.4 Å². The van der Waals surface area contributed by atoms with Crippen LogP contribution >= 0.6 is 12.4 Å². The van der Waals surface area contributed by atoms with Crippen molar-refractivity contribution in [2.24, 2.45) is 0 Å². The highest BCUT2D eigenvalue weighted by atomic mass is 35.5. The van der Waals surface area contributed by atoms with Gasteiger partial charge < -0.3 is 10.2 Å². The van der Waals surface area contributed by atoms with Gasteiger partial charge in [-0.2, -0.15) is 0 Å². The van der Waals surface area contributed by atoms with E-state index in [9.17, 15) is 4.79 Å². The summed E-state index contributed by atoms with van der Waals surface area (Å²) in [5.41, 5.74) is 1.48. The molecule has 0 aromatic carbocycles. The molecular formula is C12H19ClN4O. The third-order valence-corrected chi connectivity index (χ3v) is 2.92. The first-order chi connectivity index (χ1) is 8.20. The first kappa shape index (κ1) is 14.9. The normalized spacial score (nSPS) is 15.4. The highest BCUT2D eigenvalue weighted by molar-refractivity contribution is 5.95. The summed E-state index contributed by atoms with van der Waals surface area (Å²) < 4.78 is 0. The number of carbonyl (C=O) groups is 1. The molecule has 0 saturated carbocycles. The summed E-state index contributed by atoms with van der Waals surface area (Å²) in [5, 5.41) is 3.23. The molecule has 0 unspecified atom stereocenters. The second kappa shape index (κ2) is 6.66. The van der Waals surface area contributed by atoms with Crippen LogP contribution in [0.15, 0.2) is 12.5 Å². The number of carbonyl (C=O) groups excluding carboxylic acids is 1. The summed E-state index contributed by atoms with van der Waals surface area (Å²) in [4.78, 5) is 22.4. The fourth-order valence-electron chi connectivity index (χ4n) is 2.00. The van der Waals surface area contributed by atoms with E-state index in [4.69, 9.17) is 0 Å².